The van der Waals surface area contributed by atoms with Crippen molar-refractivity contribution >= 4 is 11.8 Å². The zero-order chi connectivity index (χ0) is 11.8. The molecule has 2 rings (SSSR count). The number of hydrogen-bond acceptors (Lipinski definition) is 2. The molecule has 0 radical (unpaired) electrons. The summed E-state index contributed by atoms with van der Waals surface area (Å²) in [5.74, 6) is 1.21. The van der Waals surface area contributed by atoms with Crippen LogP contribution in [0.2, 0.25) is 0 Å². The summed E-state index contributed by atoms with van der Waals surface area (Å²) in [5.41, 5.74) is -0.00734. The number of imide groups is 1. The second kappa shape index (κ2) is 4.19. The van der Waals surface area contributed by atoms with Crippen LogP contribution in [0.25, 0.3) is 0 Å². The van der Waals surface area contributed by atoms with Crippen molar-refractivity contribution in [2.45, 2.75) is 52.4 Å². The molecule has 90 valence electrons. The van der Waals surface area contributed by atoms with E-state index in [1.165, 1.54) is 12.8 Å². The van der Waals surface area contributed by atoms with Gasteiger partial charge in [0.2, 0.25) is 11.8 Å². The Labute approximate surface area is 97.0 Å². The summed E-state index contributed by atoms with van der Waals surface area (Å²) in [6.07, 6.45) is 5.65. The van der Waals surface area contributed by atoms with Crippen LogP contribution in [0.5, 0.6) is 0 Å². The molecular formula is C13H21NO2. The summed E-state index contributed by atoms with van der Waals surface area (Å²) < 4.78 is 0. The van der Waals surface area contributed by atoms with Crippen LogP contribution in [-0.2, 0) is 9.59 Å². The molecule has 1 atom stereocenters. The molecule has 1 spiro atoms. The highest BCUT2D eigenvalue weighted by Gasteiger charge is 2.43. The number of nitrogens with one attached hydrogen (secondary N) is 1. The minimum Gasteiger partial charge on any atom is -0.296 e. The zero-order valence-electron chi connectivity index (χ0n) is 10.2. The standard InChI is InChI=1S/C13H21NO2/c1-9(2)10-4-3-5-13(6-10)7-11(15)14-12(16)8-13/h9-10H,3-8H2,1-2H3,(H,14,15,16). The summed E-state index contributed by atoms with van der Waals surface area (Å²) >= 11 is 0. The minimum atomic E-state index is -0.0688. The second-order valence-electron chi connectivity index (χ2n) is 5.93. The third-order valence-electron chi connectivity index (χ3n) is 4.27. The molecule has 2 aliphatic rings. The Balaban J connectivity index is 2.11. The van der Waals surface area contributed by atoms with Crippen LogP contribution in [0.1, 0.15) is 52.4 Å². The largest absolute Gasteiger partial charge is 0.296 e. The first kappa shape index (κ1) is 11.6. The fourth-order valence-corrected chi connectivity index (χ4v) is 3.38. The monoisotopic (exact) mass is 223 g/mol. The van der Waals surface area contributed by atoms with E-state index in [0.717, 1.165) is 12.8 Å². The lowest BCUT2D eigenvalue weighted by Crippen LogP contribution is -2.47. The maximum atomic E-state index is 11.5. The van der Waals surface area contributed by atoms with E-state index >= 15 is 0 Å². The van der Waals surface area contributed by atoms with Gasteiger partial charge in [0.1, 0.15) is 0 Å². The van der Waals surface area contributed by atoms with Gasteiger partial charge in [-0.05, 0) is 30.1 Å². The highest BCUT2D eigenvalue weighted by atomic mass is 16.2. The van der Waals surface area contributed by atoms with Crippen molar-refractivity contribution in [2.24, 2.45) is 17.3 Å². The summed E-state index contributed by atoms with van der Waals surface area (Å²) in [6.45, 7) is 4.49. The first-order chi connectivity index (χ1) is 7.51. The van der Waals surface area contributed by atoms with Gasteiger partial charge in [0.05, 0.1) is 0 Å². The van der Waals surface area contributed by atoms with E-state index in [2.05, 4.69) is 19.2 Å². The molecule has 0 aromatic heterocycles. The lowest BCUT2D eigenvalue weighted by molar-refractivity contribution is -0.139. The molecule has 0 bridgehead atoms. The van der Waals surface area contributed by atoms with Crippen LogP contribution in [0.15, 0.2) is 0 Å². The van der Waals surface area contributed by atoms with E-state index in [0.29, 0.717) is 24.7 Å². The van der Waals surface area contributed by atoms with Gasteiger partial charge in [0.15, 0.2) is 0 Å². The van der Waals surface area contributed by atoms with E-state index in [1.54, 1.807) is 0 Å². The molecule has 2 fully saturated rings. The van der Waals surface area contributed by atoms with Crippen LogP contribution < -0.4 is 5.32 Å². The van der Waals surface area contributed by atoms with E-state index in [4.69, 9.17) is 0 Å². The average Bonchev–Trinajstić information content (AvgIpc) is 2.15. The molecule has 1 saturated carbocycles. The lowest BCUT2D eigenvalue weighted by Gasteiger charge is -2.43. The third kappa shape index (κ3) is 2.28. The number of carbonyl (C=O) groups excluding carboxylic acids is 2. The number of piperidine rings is 1. The van der Waals surface area contributed by atoms with Gasteiger partial charge in [-0.15, -0.1) is 0 Å². The van der Waals surface area contributed by atoms with Crippen molar-refractivity contribution in [2.75, 3.05) is 0 Å². The molecular weight excluding hydrogens is 202 g/mol. The van der Waals surface area contributed by atoms with Crippen LogP contribution in [-0.4, -0.2) is 11.8 Å². The Kier molecular flexibility index (Phi) is 3.04. The molecule has 1 unspecified atom stereocenters. The second-order valence-corrected chi connectivity index (χ2v) is 5.93. The fourth-order valence-electron chi connectivity index (χ4n) is 3.38. The summed E-state index contributed by atoms with van der Waals surface area (Å²) in [6, 6.07) is 0. The van der Waals surface area contributed by atoms with Crippen molar-refractivity contribution in [3.8, 4) is 0 Å². The smallest absolute Gasteiger partial charge is 0.227 e. The highest BCUT2D eigenvalue weighted by molar-refractivity contribution is 5.98. The Hall–Kier alpha value is -0.860. The molecule has 3 nitrogen and oxygen atoms in total. The van der Waals surface area contributed by atoms with Crippen molar-refractivity contribution in [1.29, 1.82) is 0 Å². The molecule has 1 aliphatic carbocycles. The molecule has 1 N–H and O–H groups in total. The van der Waals surface area contributed by atoms with E-state index < -0.39 is 0 Å². The zero-order valence-corrected chi connectivity index (χ0v) is 10.2. The van der Waals surface area contributed by atoms with Crippen molar-refractivity contribution in [3.05, 3.63) is 0 Å². The Morgan fingerprint density at radius 2 is 1.88 bits per heavy atom. The van der Waals surface area contributed by atoms with E-state index in [-0.39, 0.29) is 17.2 Å². The van der Waals surface area contributed by atoms with Gasteiger partial charge in [-0.2, -0.15) is 0 Å². The van der Waals surface area contributed by atoms with Gasteiger partial charge in [0, 0.05) is 12.8 Å². The minimum absolute atomic E-state index is 0.00734. The maximum Gasteiger partial charge on any atom is 0.227 e. The lowest BCUT2D eigenvalue weighted by atomic mass is 9.62. The van der Waals surface area contributed by atoms with Crippen molar-refractivity contribution in [3.63, 3.8) is 0 Å². The first-order valence-corrected chi connectivity index (χ1v) is 6.33. The SMILES string of the molecule is CC(C)C1CCCC2(CC(=O)NC(=O)C2)C1. The van der Waals surface area contributed by atoms with Crippen molar-refractivity contribution < 1.29 is 9.59 Å². The quantitative estimate of drug-likeness (QED) is 0.693. The number of rotatable bonds is 1. The topological polar surface area (TPSA) is 46.2 Å². The molecule has 3 heteroatoms. The van der Waals surface area contributed by atoms with Crippen molar-refractivity contribution in [1.82, 2.24) is 5.32 Å². The van der Waals surface area contributed by atoms with E-state index in [1.807, 2.05) is 0 Å². The molecule has 1 aliphatic heterocycles. The summed E-state index contributed by atoms with van der Waals surface area (Å²) in [4.78, 5) is 23.0. The maximum absolute atomic E-state index is 11.5. The van der Waals surface area contributed by atoms with Gasteiger partial charge in [0.25, 0.3) is 0 Å². The third-order valence-corrected chi connectivity index (χ3v) is 4.27. The fraction of sp³-hybridized carbons (Fsp3) is 0.846. The van der Waals surface area contributed by atoms with Gasteiger partial charge in [-0.1, -0.05) is 26.7 Å². The van der Waals surface area contributed by atoms with Crippen LogP contribution >= 0.6 is 0 Å². The Morgan fingerprint density at radius 3 is 2.44 bits per heavy atom. The normalized spacial score (nSPS) is 29.6. The Bertz CT molecular complexity index is 293. The number of hydrogen-bond donors (Lipinski definition) is 1. The van der Waals surface area contributed by atoms with Gasteiger partial charge < -0.3 is 0 Å². The molecule has 1 heterocycles. The highest BCUT2D eigenvalue weighted by Crippen LogP contribution is 2.47. The number of carbonyl (C=O) groups is 2. The van der Waals surface area contributed by atoms with Crippen LogP contribution in [0.4, 0.5) is 0 Å². The molecule has 0 aromatic carbocycles. The first-order valence-electron chi connectivity index (χ1n) is 6.33. The molecule has 16 heavy (non-hydrogen) atoms. The molecule has 1 saturated heterocycles. The van der Waals surface area contributed by atoms with Crippen LogP contribution in [0.3, 0.4) is 0 Å². The van der Waals surface area contributed by atoms with Gasteiger partial charge in [-0.25, -0.2) is 0 Å². The summed E-state index contributed by atoms with van der Waals surface area (Å²) in [7, 11) is 0. The predicted octanol–water partition coefficient (Wildman–Crippen LogP) is 2.26. The van der Waals surface area contributed by atoms with Crippen LogP contribution in [0, 0.1) is 17.3 Å². The van der Waals surface area contributed by atoms with E-state index in [9.17, 15) is 9.59 Å². The van der Waals surface area contributed by atoms with Gasteiger partial charge >= 0.3 is 0 Å². The molecule has 0 aromatic rings. The van der Waals surface area contributed by atoms with Gasteiger partial charge in [-0.3, -0.25) is 14.9 Å². The average molecular weight is 223 g/mol. The molecule has 2 amide bonds. The Morgan fingerprint density at radius 1 is 1.25 bits per heavy atom. The summed E-state index contributed by atoms with van der Waals surface area (Å²) in [5, 5.41) is 2.42. The predicted molar refractivity (Wildman–Crippen MR) is 61.6 cm³/mol. The number of amides is 2.